The van der Waals surface area contributed by atoms with E-state index in [0.717, 1.165) is 17.7 Å². The molecule has 0 saturated heterocycles. The minimum atomic E-state index is -0.461. The Morgan fingerprint density at radius 3 is 2.56 bits per heavy atom. The first-order valence-electron chi connectivity index (χ1n) is 6.45. The number of ether oxygens (including phenoxy) is 2. The van der Waals surface area contributed by atoms with Gasteiger partial charge in [0.05, 0.1) is 18.3 Å². The summed E-state index contributed by atoms with van der Waals surface area (Å²) in [5.74, 6) is 0.763. The fourth-order valence-corrected chi connectivity index (χ4v) is 1.62. The summed E-state index contributed by atoms with van der Waals surface area (Å²) in [7, 11) is 1.70. The maximum atomic E-state index is 9.91. The van der Waals surface area contributed by atoms with Crippen molar-refractivity contribution in [2.45, 2.75) is 45.3 Å². The molecule has 102 valence electrons. The summed E-state index contributed by atoms with van der Waals surface area (Å²) >= 11 is 0. The lowest BCUT2D eigenvalue weighted by Gasteiger charge is -2.23. The van der Waals surface area contributed by atoms with Crippen LogP contribution in [0.15, 0.2) is 24.3 Å². The average Bonchev–Trinajstić information content (AvgIpc) is 2.38. The molecule has 0 bridgehead atoms. The minimum absolute atomic E-state index is 0.182. The number of rotatable bonds is 7. The highest BCUT2D eigenvalue weighted by Crippen LogP contribution is 2.27. The molecular weight excluding hydrogens is 228 g/mol. The molecule has 0 spiro atoms. The summed E-state index contributed by atoms with van der Waals surface area (Å²) in [5, 5.41) is 9.91. The van der Waals surface area contributed by atoms with E-state index in [-0.39, 0.29) is 5.60 Å². The van der Waals surface area contributed by atoms with Gasteiger partial charge in [-0.2, -0.15) is 0 Å². The van der Waals surface area contributed by atoms with E-state index in [1.54, 1.807) is 7.11 Å². The molecule has 0 aliphatic carbocycles. The fourth-order valence-electron chi connectivity index (χ4n) is 1.62. The molecule has 1 aromatic carbocycles. The van der Waals surface area contributed by atoms with E-state index in [0.29, 0.717) is 13.0 Å². The average molecular weight is 252 g/mol. The molecule has 0 amide bonds. The van der Waals surface area contributed by atoms with E-state index >= 15 is 0 Å². The van der Waals surface area contributed by atoms with Gasteiger partial charge in [-0.1, -0.05) is 25.1 Å². The van der Waals surface area contributed by atoms with Crippen LogP contribution in [0.5, 0.6) is 5.75 Å². The van der Waals surface area contributed by atoms with E-state index in [1.807, 2.05) is 45.0 Å². The van der Waals surface area contributed by atoms with E-state index in [9.17, 15) is 5.11 Å². The molecule has 1 N–H and O–H groups in total. The first-order chi connectivity index (χ1) is 8.50. The number of para-hydroxylation sites is 1. The number of hydrogen-bond donors (Lipinski definition) is 1. The van der Waals surface area contributed by atoms with Gasteiger partial charge in [0.1, 0.15) is 5.75 Å². The predicted octanol–water partition coefficient (Wildman–Crippen LogP) is 3.32. The lowest BCUT2D eigenvalue weighted by molar-refractivity contribution is 0.00518. The maximum Gasteiger partial charge on any atom is 0.125 e. The second kappa shape index (κ2) is 6.76. The molecule has 3 heteroatoms. The van der Waals surface area contributed by atoms with Gasteiger partial charge in [-0.25, -0.2) is 0 Å². The number of aliphatic hydroxyl groups is 1. The van der Waals surface area contributed by atoms with Crippen LogP contribution < -0.4 is 4.74 Å². The molecule has 0 radical (unpaired) electrons. The number of aliphatic hydroxyl groups excluding tert-OH is 1. The molecule has 0 heterocycles. The fraction of sp³-hybridized carbons (Fsp3) is 0.600. The quantitative estimate of drug-likeness (QED) is 0.809. The van der Waals surface area contributed by atoms with Crippen LogP contribution in [0.3, 0.4) is 0 Å². The van der Waals surface area contributed by atoms with Crippen molar-refractivity contribution in [1.82, 2.24) is 0 Å². The molecule has 0 saturated carbocycles. The van der Waals surface area contributed by atoms with Crippen molar-refractivity contribution in [2.24, 2.45) is 0 Å². The van der Waals surface area contributed by atoms with Crippen molar-refractivity contribution in [3.63, 3.8) is 0 Å². The summed E-state index contributed by atoms with van der Waals surface area (Å²) in [4.78, 5) is 0. The van der Waals surface area contributed by atoms with Gasteiger partial charge in [-0.05, 0) is 26.3 Å². The van der Waals surface area contributed by atoms with E-state index in [1.165, 1.54) is 0 Å². The third-order valence-corrected chi connectivity index (χ3v) is 3.18. The Labute approximate surface area is 110 Å². The highest BCUT2D eigenvalue weighted by Gasteiger charge is 2.17. The monoisotopic (exact) mass is 252 g/mol. The van der Waals surface area contributed by atoms with Crippen LogP contribution in [-0.4, -0.2) is 24.4 Å². The smallest absolute Gasteiger partial charge is 0.125 e. The molecule has 1 rings (SSSR count). The van der Waals surface area contributed by atoms with Gasteiger partial charge in [0.15, 0.2) is 0 Å². The van der Waals surface area contributed by atoms with Crippen LogP contribution in [0.25, 0.3) is 0 Å². The molecule has 0 fully saturated rings. The highest BCUT2D eigenvalue weighted by molar-refractivity contribution is 5.34. The third kappa shape index (κ3) is 4.31. The van der Waals surface area contributed by atoms with Crippen LogP contribution in [0, 0.1) is 0 Å². The zero-order valence-corrected chi connectivity index (χ0v) is 11.8. The predicted molar refractivity (Wildman–Crippen MR) is 72.9 cm³/mol. The van der Waals surface area contributed by atoms with Gasteiger partial charge < -0.3 is 14.6 Å². The van der Waals surface area contributed by atoms with Crippen LogP contribution in [0.1, 0.15) is 45.3 Å². The van der Waals surface area contributed by atoms with Crippen molar-refractivity contribution in [2.75, 3.05) is 13.7 Å². The lowest BCUT2D eigenvalue weighted by Crippen LogP contribution is -2.25. The zero-order chi connectivity index (χ0) is 13.6. The summed E-state index contributed by atoms with van der Waals surface area (Å²) in [6.45, 7) is 6.59. The molecule has 0 aliphatic heterocycles. The summed E-state index contributed by atoms with van der Waals surface area (Å²) in [5.41, 5.74) is 0.674. The summed E-state index contributed by atoms with van der Waals surface area (Å²) in [6, 6.07) is 7.64. The van der Waals surface area contributed by atoms with Crippen LogP contribution in [0.4, 0.5) is 0 Å². The van der Waals surface area contributed by atoms with Crippen LogP contribution >= 0.6 is 0 Å². The summed E-state index contributed by atoms with van der Waals surface area (Å²) < 4.78 is 11.1. The van der Waals surface area contributed by atoms with Gasteiger partial charge in [0.2, 0.25) is 0 Å². The standard InChI is InChI=1S/C15H24O3/c1-5-13(16)12-8-6-7-9-14(12)18-11-10-15(2,3)17-4/h6-9,13,16H,5,10-11H2,1-4H3/t13-/m1/s1. The van der Waals surface area contributed by atoms with E-state index in [4.69, 9.17) is 9.47 Å². The van der Waals surface area contributed by atoms with Crippen LogP contribution in [-0.2, 0) is 4.74 Å². The number of methoxy groups -OCH3 is 1. The van der Waals surface area contributed by atoms with Crippen molar-refractivity contribution in [1.29, 1.82) is 0 Å². The zero-order valence-electron chi connectivity index (χ0n) is 11.8. The maximum absolute atomic E-state index is 9.91. The van der Waals surface area contributed by atoms with Crippen molar-refractivity contribution < 1.29 is 14.6 Å². The molecule has 3 nitrogen and oxygen atoms in total. The Morgan fingerprint density at radius 1 is 1.28 bits per heavy atom. The molecule has 0 unspecified atom stereocenters. The second-order valence-electron chi connectivity index (χ2n) is 5.02. The Balaban J connectivity index is 2.62. The van der Waals surface area contributed by atoms with Crippen molar-refractivity contribution in [3.05, 3.63) is 29.8 Å². The molecule has 18 heavy (non-hydrogen) atoms. The van der Waals surface area contributed by atoms with Crippen molar-refractivity contribution >= 4 is 0 Å². The van der Waals surface area contributed by atoms with Gasteiger partial charge in [0, 0.05) is 19.1 Å². The number of benzene rings is 1. The molecular formula is C15H24O3. The van der Waals surface area contributed by atoms with E-state index < -0.39 is 6.10 Å². The molecule has 0 aliphatic rings. The topological polar surface area (TPSA) is 38.7 Å². The SMILES string of the molecule is CC[C@@H](O)c1ccccc1OCCC(C)(C)OC. The van der Waals surface area contributed by atoms with E-state index in [2.05, 4.69) is 0 Å². The molecule has 1 aromatic rings. The van der Waals surface area contributed by atoms with Gasteiger partial charge in [-0.15, -0.1) is 0 Å². The Kier molecular flexibility index (Phi) is 5.63. The van der Waals surface area contributed by atoms with Gasteiger partial charge in [0.25, 0.3) is 0 Å². The Morgan fingerprint density at radius 2 is 1.94 bits per heavy atom. The van der Waals surface area contributed by atoms with Crippen LogP contribution in [0.2, 0.25) is 0 Å². The van der Waals surface area contributed by atoms with Gasteiger partial charge >= 0.3 is 0 Å². The highest BCUT2D eigenvalue weighted by atomic mass is 16.5. The number of hydrogen-bond acceptors (Lipinski definition) is 3. The normalized spacial score (nSPS) is 13.4. The van der Waals surface area contributed by atoms with Crippen molar-refractivity contribution in [3.8, 4) is 5.75 Å². The first kappa shape index (κ1) is 15.0. The largest absolute Gasteiger partial charge is 0.493 e. The molecule has 0 aromatic heterocycles. The molecule has 1 atom stereocenters. The Hall–Kier alpha value is -1.06. The lowest BCUT2D eigenvalue weighted by atomic mass is 10.1. The van der Waals surface area contributed by atoms with Gasteiger partial charge in [-0.3, -0.25) is 0 Å². The minimum Gasteiger partial charge on any atom is -0.493 e. The third-order valence-electron chi connectivity index (χ3n) is 3.18. The summed E-state index contributed by atoms with van der Waals surface area (Å²) in [6.07, 6.45) is 1.03. The Bertz CT molecular complexity index is 361. The first-order valence-corrected chi connectivity index (χ1v) is 6.45. The second-order valence-corrected chi connectivity index (χ2v) is 5.02.